The molecule has 2 aromatic rings. The number of ether oxygens (including phenoxy) is 1. The summed E-state index contributed by atoms with van der Waals surface area (Å²) in [6.45, 7) is 2.51. The highest BCUT2D eigenvalue weighted by Gasteiger charge is 2.29. The van der Waals surface area contributed by atoms with Crippen molar-refractivity contribution in [3.8, 4) is 0 Å². The van der Waals surface area contributed by atoms with Crippen LogP contribution in [-0.4, -0.2) is 50.7 Å². The molecule has 1 saturated heterocycles. The maximum atomic E-state index is 12.9. The Morgan fingerprint density at radius 2 is 1.79 bits per heavy atom. The quantitative estimate of drug-likeness (QED) is 0.748. The largest absolute Gasteiger partial charge is 0.379 e. The second-order valence-electron chi connectivity index (χ2n) is 6.25. The van der Waals surface area contributed by atoms with Crippen molar-refractivity contribution in [1.82, 2.24) is 4.31 Å². The van der Waals surface area contributed by atoms with Crippen molar-refractivity contribution in [2.24, 2.45) is 0 Å². The van der Waals surface area contributed by atoms with Gasteiger partial charge in [0.1, 0.15) is 4.90 Å². The number of Topliss-reactive ketones (excluding diaryl/α,β-unsaturated/α-hetero) is 1. The molecule has 0 radical (unpaired) electrons. The standard InChI is InChI=1S/C19H19ClN2O5S/c1-13(23)14-3-2-4-16(11-14)21-19(24)15-5-6-17(20)18(12-15)28(25,26)22-7-9-27-10-8-22/h2-6,11-12H,7-10H2,1H3,(H,21,24). The zero-order chi connectivity index (χ0) is 20.3. The Morgan fingerprint density at radius 3 is 2.46 bits per heavy atom. The van der Waals surface area contributed by atoms with Gasteiger partial charge in [0.15, 0.2) is 5.78 Å². The van der Waals surface area contributed by atoms with Crippen LogP contribution in [-0.2, 0) is 14.8 Å². The fourth-order valence-corrected chi connectivity index (χ4v) is 4.70. The van der Waals surface area contributed by atoms with E-state index in [2.05, 4.69) is 5.32 Å². The van der Waals surface area contributed by atoms with Gasteiger partial charge in [-0.25, -0.2) is 8.42 Å². The van der Waals surface area contributed by atoms with E-state index in [-0.39, 0.29) is 34.4 Å². The molecule has 0 atom stereocenters. The fourth-order valence-electron chi connectivity index (χ4n) is 2.79. The van der Waals surface area contributed by atoms with Crippen molar-refractivity contribution < 1.29 is 22.7 Å². The van der Waals surface area contributed by atoms with Crippen molar-refractivity contribution in [2.75, 3.05) is 31.6 Å². The lowest BCUT2D eigenvalue weighted by Gasteiger charge is -2.26. The number of nitrogens with one attached hydrogen (secondary N) is 1. The van der Waals surface area contributed by atoms with Gasteiger partial charge in [-0.2, -0.15) is 4.31 Å². The SMILES string of the molecule is CC(=O)c1cccc(NC(=O)c2ccc(Cl)c(S(=O)(=O)N3CCOCC3)c2)c1. The molecular weight excluding hydrogens is 404 g/mol. The van der Waals surface area contributed by atoms with Gasteiger partial charge in [-0.3, -0.25) is 9.59 Å². The zero-order valence-electron chi connectivity index (χ0n) is 15.1. The highest BCUT2D eigenvalue weighted by Crippen LogP contribution is 2.27. The summed E-state index contributed by atoms with van der Waals surface area (Å²) in [5.41, 5.74) is 1.04. The molecule has 1 fully saturated rings. The van der Waals surface area contributed by atoms with E-state index < -0.39 is 15.9 Å². The zero-order valence-corrected chi connectivity index (χ0v) is 16.7. The van der Waals surface area contributed by atoms with Crippen molar-refractivity contribution in [3.63, 3.8) is 0 Å². The van der Waals surface area contributed by atoms with Gasteiger partial charge < -0.3 is 10.1 Å². The monoisotopic (exact) mass is 422 g/mol. The molecule has 148 valence electrons. The Labute approximate surface area is 168 Å². The highest BCUT2D eigenvalue weighted by molar-refractivity contribution is 7.89. The molecule has 7 nitrogen and oxygen atoms in total. The van der Waals surface area contributed by atoms with Gasteiger partial charge in [0.25, 0.3) is 5.91 Å². The van der Waals surface area contributed by atoms with E-state index in [1.165, 1.54) is 29.4 Å². The number of halogens is 1. The molecule has 0 saturated carbocycles. The molecule has 3 rings (SSSR count). The molecule has 0 aromatic heterocycles. The minimum atomic E-state index is -3.84. The number of ketones is 1. The lowest BCUT2D eigenvalue weighted by molar-refractivity contribution is 0.0730. The summed E-state index contributed by atoms with van der Waals surface area (Å²) in [6, 6.07) is 10.6. The number of morpholine rings is 1. The van der Waals surface area contributed by atoms with E-state index in [0.717, 1.165) is 0 Å². The third kappa shape index (κ3) is 4.41. The van der Waals surface area contributed by atoms with Gasteiger partial charge >= 0.3 is 0 Å². The van der Waals surface area contributed by atoms with Crippen molar-refractivity contribution in [2.45, 2.75) is 11.8 Å². The predicted octanol–water partition coefficient (Wildman–Crippen LogP) is 2.82. The fraction of sp³-hybridized carbons (Fsp3) is 0.263. The number of carbonyl (C=O) groups excluding carboxylic acids is 2. The first-order chi connectivity index (χ1) is 13.3. The second-order valence-corrected chi connectivity index (χ2v) is 8.57. The maximum absolute atomic E-state index is 12.9. The molecule has 1 amide bonds. The van der Waals surface area contributed by atoms with Crippen LogP contribution in [0.2, 0.25) is 5.02 Å². The molecule has 1 heterocycles. The van der Waals surface area contributed by atoms with Crippen LogP contribution < -0.4 is 5.32 Å². The summed E-state index contributed by atoms with van der Waals surface area (Å²) >= 11 is 6.11. The Balaban J connectivity index is 1.87. The van der Waals surface area contributed by atoms with Crippen molar-refractivity contribution >= 4 is 39.0 Å². The lowest BCUT2D eigenvalue weighted by atomic mass is 10.1. The summed E-state index contributed by atoms with van der Waals surface area (Å²) in [6.07, 6.45) is 0. The molecule has 0 unspecified atom stereocenters. The summed E-state index contributed by atoms with van der Waals surface area (Å²) < 4.78 is 32.2. The van der Waals surface area contributed by atoms with Crippen molar-refractivity contribution in [1.29, 1.82) is 0 Å². The Bertz CT molecular complexity index is 1020. The molecule has 9 heteroatoms. The summed E-state index contributed by atoms with van der Waals surface area (Å²) in [7, 11) is -3.84. The van der Waals surface area contributed by atoms with E-state index in [0.29, 0.717) is 24.5 Å². The van der Waals surface area contributed by atoms with Crippen LogP contribution >= 0.6 is 11.6 Å². The maximum Gasteiger partial charge on any atom is 0.255 e. The minimum absolute atomic E-state index is 0.0432. The van der Waals surface area contributed by atoms with Gasteiger partial charge in [0.2, 0.25) is 10.0 Å². The van der Waals surface area contributed by atoms with Crippen LogP contribution in [0.5, 0.6) is 0 Å². The molecule has 28 heavy (non-hydrogen) atoms. The number of benzene rings is 2. The first-order valence-corrected chi connectivity index (χ1v) is 10.4. The number of hydrogen-bond donors (Lipinski definition) is 1. The average Bonchev–Trinajstić information content (AvgIpc) is 2.69. The number of amides is 1. The smallest absolute Gasteiger partial charge is 0.255 e. The number of anilines is 1. The molecule has 1 aliphatic heterocycles. The van der Waals surface area contributed by atoms with Crippen LogP contribution in [0, 0.1) is 0 Å². The summed E-state index contributed by atoms with van der Waals surface area (Å²) in [5, 5.41) is 2.71. The first kappa shape index (κ1) is 20.5. The number of nitrogens with zero attached hydrogens (tertiary/aromatic N) is 1. The molecule has 0 aliphatic carbocycles. The molecule has 1 aliphatic rings. The van der Waals surface area contributed by atoms with Gasteiger partial charge in [-0.15, -0.1) is 0 Å². The van der Waals surface area contributed by atoms with Crippen LogP contribution in [0.15, 0.2) is 47.4 Å². The number of rotatable bonds is 5. The van der Waals surface area contributed by atoms with Gasteiger partial charge in [0.05, 0.1) is 18.2 Å². The normalized spacial score (nSPS) is 15.2. The van der Waals surface area contributed by atoms with E-state index >= 15 is 0 Å². The first-order valence-electron chi connectivity index (χ1n) is 8.59. The number of sulfonamides is 1. The van der Waals surface area contributed by atoms with Gasteiger partial charge in [-0.1, -0.05) is 23.7 Å². The average molecular weight is 423 g/mol. The Morgan fingerprint density at radius 1 is 1.07 bits per heavy atom. The van der Waals surface area contributed by atoms with E-state index in [9.17, 15) is 18.0 Å². The van der Waals surface area contributed by atoms with Crippen LogP contribution in [0.4, 0.5) is 5.69 Å². The third-order valence-electron chi connectivity index (χ3n) is 4.31. The van der Waals surface area contributed by atoms with Gasteiger partial charge in [-0.05, 0) is 37.3 Å². The van der Waals surface area contributed by atoms with E-state index in [1.807, 2.05) is 0 Å². The molecule has 0 bridgehead atoms. The van der Waals surface area contributed by atoms with Crippen LogP contribution in [0.1, 0.15) is 27.6 Å². The Hall–Kier alpha value is -2.26. The minimum Gasteiger partial charge on any atom is -0.379 e. The molecular formula is C19H19ClN2O5S. The molecule has 1 N–H and O–H groups in total. The Kier molecular flexibility index (Phi) is 6.14. The number of carbonyl (C=O) groups is 2. The predicted molar refractivity (Wildman–Crippen MR) is 105 cm³/mol. The van der Waals surface area contributed by atoms with Crippen LogP contribution in [0.25, 0.3) is 0 Å². The molecule has 0 spiro atoms. The molecule has 2 aromatic carbocycles. The van der Waals surface area contributed by atoms with E-state index in [4.69, 9.17) is 16.3 Å². The lowest BCUT2D eigenvalue weighted by Crippen LogP contribution is -2.40. The summed E-state index contributed by atoms with van der Waals surface area (Å²) in [5.74, 6) is -0.628. The summed E-state index contributed by atoms with van der Waals surface area (Å²) in [4.78, 5) is 24.0. The van der Waals surface area contributed by atoms with Crippen LogP contribution in [0.3, 0.4) is 0 Å². The highest BCUT2D eigenvalue weighted by atomic mass is 35.5. The van der Waals surface area contributed by atoms with E-state index in [1.54, 1.807) is 24.3 Å². The number of hydrogen-bond acceptors (Lipinski definition) is 5. The van der Waals surface area contributed by atoms with Gasteiger partial charge in [0, 0.05) is 29.9 Å². The third-order valence-corrected chi connectivity index (χ3v) is 6.69. The topological polar surface area (TPSA) is 92.8 Å². The second kappa shape index (κ2) is 8.40. The van der Waals surface area contributed by atoms with Crippen molar-refractivity contribution in [3.05, 3.63) is 58.6 Å².